The fourth-order valence-electron chi connectivity index (χ4n) is 2.61. The van der Waals surface area contributed by atoms with Gasteiger partial charge in [0.2, 0.25) is 5.91 Å². The van der Waals surface area contributed by atoms with Crippen molar-refractivity contribution >= 4 is 56.5 Å². The second kappa shape index (κ2) is 9.65. The first-order valence-electron chi connectivity index (χ1n) is 8.85. The van der Waals surface area contributed by atoms with E-state index in [4.69, 9.17) is 11.2 Å². The quantitative estimate of drug-likeness (QED) is 0.484. The summed E-state index contributed by atoms with van der Waals surface area (Å²) in [4.78, 5) is 38.3. The topological polar surface area (TPSA) is 75.7 Å². The summed E-state index contributed by atoms with van der Waals surface area (Å²) in [7, 11) is 0. The highest BCUT2D eigenvalue weighted by Gasteiger charge is 2.36. The van der Waals surface area contributed by atoms with Gasteiger partial charge in [0.05, 0.1) is 9.38 Å². The molecule has 0 spiro atoms. The first kappa shape index (κ1) is 21.7. The lowest BCUT2D eigenvalue weighted by Crippen LogP contribution is -2.36. The molecular weight excluding hydrogens is 468 g/mol. The van der Waals surface area contributed by atoms with Crippen molar-refractivity contribution in [3.63, 3.8) is 0 Å². The first-order chi connectivity index (χ1) is 14.4. The number of terminal acetylenes is 1. The number of halogens is 1. The average molecular weight is 485 g/mol. The van der Waals surface area contributed by atoms with E-state index in [0.717, 1.165) is 22.2 Å². The van der Waals surface area contributed by atoms with E-state index in [1.807, 2.05) is 19.1 Å². The summed E-state index contributed by atoms with van der Waals surface area (Å²) in [6.45, 7) is 1.73. The Labute approximate surface area is 186 Å². The monoisotopic (exact) mass is 484 g/mol. The second-order valence-corrected chi connectivity index (χ2v) is 8.21. The molecule has 1 N–H and O–H groups in total. The van der Waals surface area contributed by atoms with Crippen LogP contribution in [0.5, 0.6) is 5.75 Å². The number of hydrogen-bond acceptors (Lipinski definition) is 5. The Morgan fingerprint density at radius 1 is 1.27 bits per heavy atom. The lowest BCUT2D eigenvalue weighted by Gasteiger charge is -2.12. The minimum Gasteiger partial charge on any atom is -0.480 e. The van der Waals surface area contributed by atoms with E-state index in [1.165, 1.54) is 0 Å². The van der Waals surface area contributed by atoms with E-state index in [1.54, 1.807) is 36.4 Å². The number of thioether (sulfide) groups is 1. The van der Waals surface area contributed by atoms with Crippen LogP contribution in [-0.2, 0) is 9.59 Å². The van der Waals surface area contributed by atoms with Gasteiger partial charge < -0.3 is 10.1 Å². The number of carbonyl (C=O) groups excluding carboxylic acids is 3. The van der Waals surface area contributed by atoms with Crippen LogP contribution < -0.4 is 10.1 Å². The smallest absolute Gasteiger partial charge is 0.294 e. The zero-order chi connectivity index (χ0) is 21.7. The van der Waals surface area contributed by atoms with E-state index in [2.05, 4.69) is 27.2 Å². The molecule has 1 heterocycles. The molecule has 1 fully saturated rings. The summed E-state index contributed by atoms with van der Waals surface area (Å²) in [6.07, 6.45) is 6.78. The maximum atomic E-state index is 12.6. The predicted octanol–water partition coefficient (Wildman–Crippen LogP) is 4.44. The van der Waals surface area contributed by atoms with Crippen molar-refractivity contribution in [2.24, 2.45) is 0 Å². The molecule has 30 heavy (non-hydrogen) atoms. The second-order valence-electron chi connectivity index (χ2n) is 6.36. The van der Waals surface area contributed by atoms with E-state index in [0.29, 0.717) is 21.5 Å². The van der Waals surface area contributed by atoms with Crippen LogP contribution in [0.3, 0.4) is 0 Å². The van der Waals surface area contributed by atoms with Gasteiger partial charge in [0.15, 0.2) is 0 Å². The van der Waals surface area contributed by atoms with Crippen LogP contribution in [0.25, 0.3) is 6.08 Å². The third kappa shape index (κ3) is 5.32. The zero-order valence-corrected chi connectivity index (χ0v) is 18.4. The summed E-state index contributed by atoms with van der Waals surface area (Å²) < 4.78 is 6.05. The molecule has 2 aromatic rings. The number of anilines is 1. The molecule has 0 aliphatic carbocycles. The van der Waals surface area contributed by atoms with Gasteiger partial charge in [-0.1, -0.05) is 29.7 Å². The van der Waals surface area contributed by atoms with Gasteiger partial charge in [-0.05, 0) is 70.5 Å². The SMILES string of the molecule is C#CCOc1ccc(/C=C2/SC(=O)N(CC(=O)Nc3ccc(C)cc3)C2=O)cc1Br. The number of ether oxygens (including phenoxy) is 1. The molecule has 1 aliphatic heterocycles. The van der Waals surface area contributed by atoms with Crippen molar-refractivity contribution in [1.29, 1.82) is 0 Å². The van der Waals surface area contributed by atoms with Crippen LogP contribution in [0, 0.1) is 19.3 Å². The molecule has 0 unspecified atom stereocenters. The molecule has 0 atom stereocenters. The van der Waals surface area contributed by atoms with Gasteiger partial charge in [0, 0.05) is 5.69 Å². The summed E-state index contributed by atoms with van der Waals surface area (Å²) in [5.74, 6) is 2.01. The van der Waals surface area contributed by atoms with E-state index < -0.39 is 17.1 Å². The van der Waals surface area contributed by atoms with Crippen molar-refractivity contribution in [2.75, 3.05) is 18.5 Å². The standard InChI is InChI=1S/C22H17BrN2O4S/c1-3-10-29-18-9-6-15(11-17(18)23)12-19-21(27)25(22(28)30-19)13-20(26)24-16-7-4-14(2)5-8-16/h1,4-9,11-12H,10,13H2,2H3,(H,24,26)/b19-12+. The molecule has 6 nitrogen and oxygen atoms in total. The van der Waals surface area contributed by atoms with Crippen LogP contribution in [0.1, 0.15) is 11.1 Å². The molecule has 0 bridgehead atoms. The molecule has 3 amide bonds. The van der Waals surface area contributed by atoms with Gasteiger partial charge in [-0.15, -0.1) is 6.42 Å². The largest absolute Gasteiger partial charge is 0.480 e. The molecular formula is C22H17BrN2O4S. The lowest BCUT2D eigenvalue weighted by atomic mass is 10.2. The number of benzene rings is 2. The van der Waals surface area contributed by atoms with E-state index in [-0.39, 0.29) is 18.1 Å². The van der Waals surface area contributed by atoms with Crippen LogP contribution in [0.2, 0.25) is 0 Å². The van der Waals surface area contributed by atoms with E-state index in [9.17, 15) is 14.4 Å². The van der Waals surface area contributed by atoms with Crippen molar-refractivity contribution in [1.82, 2.24) is 4.90 Å². The number of imide groups is 1. The van der Waals surface area contributed by atoms with Gasteiger partial charge in [-0.25, -0.2) is 0 Å². The fourth-order valence-corrected chi connectivity index (χ4v) is 3.96. The van der Waals surface area contributed by atoms with Gasteiger partial charge in [-0.3, -0.25) is 19.3 Å². The molecule has 1 aliphatic rings. The Morgan fingerprint density at radius 2 is 2.00 bits per heavy atom. The van der Waals surface area contributed by atoms with E-state index >= 15 is 0 Å². The summed E-state index contributed by atoms with van der Waals surface area (Å²) >= 11 is 4.19. The highest BCUT2D eigenvalue weighted by Crippen LogP contribution is 2.33. The van der Waals surface area contributed by atoms with Crippen molar-refractivity contribution in [3.05, 3.63) is 63.0 Å². The Hall–Kier alpha value is -3.02. The fraction of sp³-hybridized carbons (Fsp3) is 0.136. The zero-order valence-electron chi connectivity index (χ0n) is 16.0. The number of carbonyl (C=O) groups is 3. The van der Waals surface area contributed by atoms with Gasteiger partial charge in [0.1, 0.15) is 18.9 Å². The van der Waals surface area contributed by atoms with Crippen LogP contribution in [0.4, 0.5) is 10.5 Å². The molecule has 152 valence electrons. The van der Waals surface area contributed by atoms with Gasteiger partial charge in [0.25, 0.3) is 11.1 Å². The van der Waals surface area contributed by atoms with Gasteiger partial charge in [-0.2, -0.15) is 0 Å². The number of amides is 3. The maximum absolute atomic E-state index is 12.6. The highest BCUT2D eigenvalue weighted by molar-refractivity contribution is 9.10. The summed E-state index contributed by atoms with van der Waals surface area (Å²) in [5, 5.41) is 2.20. The van der Waals surface area contributed by atoms with Crippen LogP contribution in [0.15, 0.2) is 51.8 Å². The lowest BCUT2D eigenvalue weighted by molar-refractivity contribution is -0.127. The first-order valence-corrected chi connectivity index (χ1v) is 10.5. The number of rotatable bonds is 6. The molecule has 0 radical (unpaired) electrons. The van der Waals surface area contributed by atoms with Crippen molar-refractivity contribution < 1.29 is 19.1 Å². The molecule has 8 heteroatoms. The molecule has 0 saturated carbocycles. The maximum Gasteiger partial charge on any atom is 0.294 e. The number of nitrogens with zero attached hydrogens (tertiary/aromatic N) is 1. The Morgan fingerprint density at radius 3 is 2.67 bits per heavy atom. The third-order valence-electron chi connectivity index (χ3n) is 4.08. The van der Waals surface area contributed by atoms with Crippen molar-refractivity contribution in [3.8, 4) is 18.1 Å². The Balaban J connectivity index is 1.68. The minimum absolute atomic E-state index is 0.140. The minimum atomic E-state index is -0.507. The number of hydrogen-bond donors (Lipinski definition) is 1. The molecule has 0 aromatic heterocycles. The Bertz CT molecular complexity index is 1070. The number of aryl methyl sites for hydroxylation is 1. The van der Waals surface area contributed by atoms with Gasteiger partial charge >= 0.3 is 0 Å². The normalized spacial score (nSPS) is 14.7. The van der Waals surface area contributed by atoms with Crippen LogP contribution in [-0.4, -0.2) is 35.1 Å². The third-order valence-corrected chi connectivity index (χ3v) is 5.60. The number of nitrogens with one attached hydrogen (secondary N) is 1. The average Bonchev–Trinajstić information content (AvgIpc) is 2.96. The summed E-state index contributed by atoms with van der Waals surface area (Å²) in [5.41, 5.74) is 2.36. The van der Waals surface area contributed by atoms with Crippen molar-refractivity contribution in [2.45, 2.75) is 6.92 Å². The molecule has 2 aromatic carbocycles. The summed E-state index contributed by atoms with van der Waals surface area (Å²) in [6, 6.07) is 12.5. The van der Waals surface area contributed by atoms with Crippen LogP contribution >= 0.6 is 27.7 Å². The highest BCUT2D eigenvalue weighted by atomic mass is 79.9. The molecule has 1 saturated heterocycles. The molecule has 3 rings (SSSR count). The Kier molecular flexibility index (Phi) is 6.98. The predicted molar refractivity (Wildman–Crippen MR) is 121 cm³/mol.